The Morgan fingerprint density at radius 1 is 1.16 bits per heavy atom. The normalized spacial score (nSPS) is 13.9. The third kappa shape index (κ3) is 7.05. The second-order valence-electron chi connectivity index (χ2n) is 9.74. The van der Waals surface area contributed by atoms with Gasteiger partial charge in [-0.05, 0) is 44.9 Å². The molecule has 2 aromatic heterocycles. The van der Waals surface area contributed by atoms with Gasteiger partial charge in [-0.3, -0.25) is 9.58 Å². The van der Waals surface area contributed by atoms with Crippen LogP contribution >= 0.6 is 0 Å². The average molecular weight is 509 g/mol. The first-order chi connectivity index (χ1) is 17.5. The van der Waals surface area contributed by atoms with Crippen molar-refractivity contribution >= 4 is 24.0 Å². The number of carbonyl (C=O) groups excluding carboxylic acids is 2. The van der Waals surface area contributed by atoms with Gasteiger partial charge in [0.05, 0.1) is 18.8 Å². The summed E-state index contributed by atoms with van der Waals surface area (Å²) in [4.78, 5) is 36.9. The van der Waals surface area contributed by atoms with E-state index in [4.69, 9.17) is 9.47 Å². The summed E-state index contributed by atoms with van der Waals surface area (Å²) in [5, 5.41) is 4.22. The van der Waals surface area contributed by atoms with Gasteiger partial charge in [-0.25, -0.2) is 19.5 Å². The van der Waals surface area contributed by atoms with Gasteiger partial charge in [-0.15, -0.1) is 0 Å². The first kappa shape index (κ1) is 27.6. The van der Waals surface area contributed by atoms with Crippen LogP contribution in [0.25, 0.3) is 11.1 Å². The van der Waals surface area contributed by atoms with Crippen molar-refractivity contribution in [2.24, 2.45) is 7.05 Å². The summed E-state index contributed by atoms with van der Waals surface area (Å²) in [5.41, 5.74) is 2.17. The number of cyclic esters (lactones) is 1. The first-order valence-electron chi connectivity index (χ1n) is 12.4. The Labute approximate surface area is 218 Å². The summed E-state index contributed by atoms with van der Waals surface area (Å²) in [6, 6.07) is 9.02. The molecule has 0 bridgehead atoms. The Kier molecular flexibility index (Phi) is 8.86. The molecule has 2 amide bonds. The van der Waals surface area contributed by atoms with Crippen molar-refractivity contribution in [1.82, 2.24) is 19.7 Å². The maximum absolute atomic E-state index is 13.3. The van der Waals surface area contributed by atoms with Crippen LogP contribution in [0.5, 0.6) is 0 Å². The lowest BCUT2D eigenvalue weighted by Crippen LogP contribution is -2.40. The number of aryl methyl sites for hydroxylation is 1. The number of ether oxygens (including phenoxy) is 2. The highest BCUT2D eigenvalue weighted by molar-refractivity contribution is 5.90. The lowest BCUT2D eigenvalue weighted by molar-refractivity contribution is 0.0565. The number of anilines is 2. The highest BCUT2D eigenvalue weighted by Gasteiger charge is 2.32. The molecule has 10 nitrogen and oxygen atoms in total. The predicted molar refractivity (Wildman–Crippen MR) is 142 cm³/mol. The van der Waals surface area contributed by atoms with E-state index >= 15 is 0 Å². The van der Waals surface area contributed by atoms with E-state index in [-0.39, 0.29) is 12.6 Å². The highest BCUT2D eigenvalue weighted by Crippen LogP contribution is 2.30. The van der Waals surface area contributed by atoms with Gasteiger partial charge in [-0.1, -0.05) is 44.5 Å². The molecule has 1 unspecified atom stereocenters. The zero-order valence-electron chi connectivity index (χ0n) is 22.6. The molecule has 0 aliphatic carbocycles. The van der Waals surface area contributed by atoms with Crippen LogP contribution in [0.4, 0.5) is 21.4 Å². The fourth-order valence-electron chi connectivity index (χ4n) is 3.60. The molecule has 1 atom stereocenters. The second kappa shape index (κ2) is 11.9. The highest BCUT2D eigenvalue weighted by atomic mass is 16.6. The number of nitrogens with zero attached hydrogens (tertiary/aromatic N) is 6. The Balaban J connectivity index is 0.00000121. The molecule has 1 saturated heterocycles. The van der Waals surface area contributed by atoms with Crippen LogP contribution in [0, 0.1) is 0 Å². The molecule has 0 saturated carbocycles. The topological polar surface area (TPSA) is 103 Å². The molecule has 1 aromatic carbocycles. The second-order valence-corrected chi connectivity index (χ2v) is 9.74. The van der Waals surface area contributed by atoms with E-state index in [1.165, 1.54) is 22.4 Å². The third-order valence-electron chi connectivity index (χ3n) is 5.29. The van der Waals surface area contributed by atoms with Crippen LogP contribution < -0.4 is 9.80 Å². The smallest absolute Gasteiger partial charge is 0.417 e. The van der Waals surface area contributed by atoms with Gasteiger partial charge in [0.2, 0.25) is 5.95 Å². The SMILES string of the molecule is CC(c1ccc(-c2cnn(C)c2)cc1)N(C(=O)OC(C)(C)C)c1nccc(N2CCOC2=O)n1.CCC. The molecule has 198 valence electrons. The van der Waals surface area contributed by atoms with Gasteiger partial charge in [0.25, 0.3) is 0 Å². The Morgan fingerprint density at radius 2 is 1.84 bits per heavy atom. The van der Waals surface area contributed by atoms with E-state index in [0.717, 1.165) is 16.7 Å². The fourth-order valence-corrected chi connectivity index (χ4v) is 3.60. The lowest BCUT2D eigenvalue weighted by Gasteiger charge is -2.30. The Hall–Kier alpha value is -3.95. The summed E-state index contributed by atoms with van der Waals surface area (Å²) in [7, 11) is 1.87. The Morgan fingerprint density at radius 3 is 2.38 bits per heavy atom. The summed E-state index contributed by atoms with van der Waals surface area (Å²) in [6.07, 6.45) is 5.44. The molecule has 1 fully saturated rings. The van der Waals surface area contributed by atoms with Crippen molar-refractivity contribution in [3.05, 3.63) is 54.5 Å². The summed E-state index contributed by atoms with van der Waals surface area (Å²) in [5.74, 6) is 0.496. The maximum atomic E-state index is 13.3. The lowest BCUT2D eigenvalue weighted by atomic mass is 10.0. The molecule has 3 heterocycles. The van der Waals surface area contributed by atoms with Crippen LogP contribution in [-0.4, -0.2) is 50.7 Å². The van der Waals surface area contributed by atoms with Crippen LogP contribution in [-0.2, 0) is 16.5 Å². The number of amides is 2. The van der Waals surface area contributed by atoms with Gasteiger partial charge < -0.3 is 9.47 Å². The average Bonchev–Trinajstić information content (AvgIpc) is 3.47. The number of hydrogen-bond donors (Lipinski definition) is 0. The van der Waals surface area contributed by atoms with Crippen molar-refractivity contribution in [2.45, 2.75) is 59.6 Å². The van der Waals surface area contributed by atoms with Gasteiger partial charge >= 0.3 is 12.2 Å². The third-order valence-corrected chi connectivity index (χ3v) is 5.29. The van der Waals surface area contributed by atoms with Crippen LogP contribution in [0.1, 0.15) is 59.6 Å². The van der Waals surface area contributed by atoms with E-state index in [2.05, 4.69) is 28.9 Å². The number of hydrogen-bond acceptors (Lipinski definition) is 7. The molecule has 0 radical (unpaired) electrons. The summed E-state index contributed by atoms with van der Waals surface area (Å²) >= 11 is 0. The predicted octanol–water partition coefficient (Wildman–Crippen LogP) is 5.75. The van der Waals surface area contributed by atoms with Crippen molar-refractivity contribution in [3.8, 4) is 11.1 Å². The van der Waals surface area contributed by atoms with Crippen molar-refractivity contribution in [1.29, 1.82) is 0 Å². The zero-order chi connectivity index (χ0) is 27.2. The van der Waals surface area contributed by atoms with Crippen LogP contribution in [0.15, 0.2) is 48.9 Å². The number of aromatic nitrogens is 4. The van der Waals surface area contributed by atoms with E-state index in [9.17, 15) is 9.59 Å². The minimum atomic E-state index is -0.713. The Bertz CT molecular complexity index is 1200. The summed E-state index contributed by atoms with van der Waals surface area (Å²) in [6.45, 7) is 12.2. The summed E-state index contributed by atoms with van der Waals surface area (Å²) < 4.78 is 12.4. The zero-order valence-corrected chi connectivity index (χ0v) is 22.6. The largest absolute Gasteiger partial charge is 0.447 e. The molecular formula is C27H36N6O4. The monoisotopic (exact) mass is 508 g/mol. The standard InChI is InChI=1S/C24H28N6O4.C3H8/c1-16(17-6-8-18(9-7-17)19-14-26-28(5)15-19)30(23(32)34-24(2,3)4)21-25-11-10-20(27-21)29-12-13-33-22(29)31;1-3-2/h6-11,14-16H,12-13H2,1-5H3;3H2,1-2H3. The number of benzene rings is 1. The molecule has 0 N–H and O–H groups in total. The van der Waals surface area contributed by atoms with Gasteiger partial charge in [0.1, 0.15) is 18.0 Å². The first-order valence-corrected chi connectivity index (χ1v) is 12.4. The minimum absolute atomic E-state index is 0.135. The fraction of sp³-hybridized carbons (Fsp3) is 0.444. The van der Waals surface area contributed by atoms with Crippen molar-refractivity contribution < 1.29 is 19.1 Å². The van der Waals surface area contributed by atoms with Crippen LogP contribution in [0.3, 0.4) is 0 Å². The van der Waals surface area contributed by atoms with E-state index in [1.807, 2.05) is 44.4 Å². The molecule has 3 aromatic rings. The van der Waals surface area contributed by atoms with Gasteiger partial charge in [0, 0.05) is 25.0 Å². The molecule has 10 heteroatoms. The van der Waals surface area contributed by atoms with Crippen LogP contribution in [0.2, 0.25) is 0 Å². The number of rotatable bonds is 5. The van der Waals surface area contributed by atoms with Crippen molar-refractivity contribution in [2.75, 3.05) is 23.0 Å². The van der Waals surface area contributed by atoms with E-state index in [1.54, 1.807) is 37.7 Å². The van der Waals surface area contributed by atoms with Gasteiger partial charge in [-0.2, -0.15) is 10.1 Å². The maximum Gasteiger partial charge on any atom is 0.417 e. The molecular weight excluding hydrogens is 472 g/mol. The van der Waals surface area contributed by atoms with E-state index in [0.29, 0.717) is 12.4 Å². The van der Waals surface area contributed by atoms with Gasteiger partial charge in [0.15, 0.2) is 0 Å². The molecule has 1 aliphatic rings. The van der Waals surface area contributed by atoms with Crippen molar-refractivity contribution in [3.63, 3.8) is 0 Å². The molecule has 0 spiro atoms. The molecule has 4 rings (SSSR count). The number of carbonyl (C=O) groups is 2. The molecule has 1 aliphatic heterocycles. The molecule has 37 heavy (non-hydrogen) atoms. The quantitative estimate of drug-likeness (QED) is 0.432. The minimum Gasteiger partial charge on any atom is -0.447 e. The van der Waals surface area contributed by atoms with E-state index < -0.39 is 23.8 Å².